The number of alkyl halides is 1. The van der Waals surface area contributed by atoms with E-state index in [0.29, 0.717) is 17.9 Å². The standard InChI is InChI=1S/C22H31ClFN3O2/c1-17-15-19(27(2)26-17)22(28)25-16-18-11-10-12-20(21(18)24)29-14-9-7-5-3-4-6-8-13-23/h10-12,15H,3-9,13-14,16H2,1-2H3,(H,25,28). The van der Waals surface area contributed by atoms with E-state index in [1.54, 1.807) is 31.3 Å². The predicted octanol–water partition coefficient (Wildman–Crippen LogP) is 5.15. The maximum Gasteiger partial charge on any atom is 0.269 e. The van der Waals surface area contributed by atoms with Crippen LogP contribution in [0.25, 0.3) is 0 Å². The Morgan fingerprint density at radius 2 is 1.86 bits per heavy atom. The molecule has 0 saturated heterocycles. The van der Waals surface area contributed by atoms with Crippen LogP contribution in [0.15, 0.2) is 24.3 Å². The topological polar surface area (TPSA) is 56.1 Å². The van der Waals surface area contributed by atoms with Gasteiger partial charge in [-0.15, -0.1) is 11.6 Å². The molecule has 0 aliphatic carbocycles. The van der Waals surface area contributed by atoms with Crippen LogP contribution >= 0.6 is 11.6 Å². The van der Waals surface area contributed by atoms with Crippen LogP contribution in [0.3, 0.4) is 0 Å². The van der Waals surface area contributed by atoms with E-state index in [1.807, 2.05) is 6.92 Å². The zero-order valence-electron chi connectivity index (χ0n) is 17.3. The number of nitrogens with one attached hydrogen (secondary N) is 1. The number of halogens is 2. The lowest BCUT2D eigenvalue weighted by molar-refractivity contribution is 0.0941. The summed E-state index contributed by atoms with van der Waals surface area (Å²) in [7, 11) is 1.71. The molecule has 0 fully saturated rings. The van der Waals surface area contributed by atoms with Gasteiger partial charge in [0.15, 0.2) is 11.6 Å². The Labute approximate surface area is 177 Å². The fraction of sp³-hybridized carbons (Fsp3) is 0.545. The van der Waals surface area contributed by atoms with Crippen molar-refractivity contribution in [1.82, 2.24) is 15.1 Å². The average molecular weight is 424 g/mol. The van der Waals surface area contributed by atoms with Gasteiger partial charge in [0.1, 0.15) is 5.69 Å². The van der Waals surface area contributed by atoms with E-state index < -0.39 is 5.82 Å². The van der Waals surface area contributed by atoms with Crippen LogP contribution in [-0.4, -0.2) is 28.2 Å². The molecule has 0 bridgehead atoms. The van der Waals surface area contributed by atoms with E-state index in [4.69, 9.17) is 16.3 Å². The number of carbonyl (C=O) groups excluding carboxylic acids is 1. The van der Waals surface area contributed by atoms with Gasteiger partial charge in [-0.2, -0.15) is 5.10 Å². The average Bonchev–Trinajstić information content (AvgIpc) is 3.04. The first-order chi connectivity index (χ1) is 14.0. The van der Waals surface area contributed by atoms with Gasteiger partial charge in [0, 0.05) is 25.0 Å². The molecule has 0 saturated carbocycles. The van der Waals surface area contributed by atoms with Crippen molar-refractivity contribution >= 4 is 17.5 Å². The highest BCUT2D eigenvalue weighted by Gasteiger charge is 2.14. The predicted molar refractivity (Wildman–Crippen MR) is 114 cm³/mol. The largest absolute Gasteiger partial charge is 0.491 e. The summed E-state index contributed by atoms with van der Waals surface area (Å²) in [5.41, 5.74) is 1.60. The van der Waals surface area contributed by atoms with Crippen LogP contribution in [0, 0.1) is 12.7 Å². The number of carbonyl (C=O) groups is 1. The number of amides is 1. The molecule has 0 atom stereocenters. The number of rotatable bonds is 13. The van der Waals surface area contributed by atoms with Crippen LogP contribution in [-0.2, 0) is 13.6 Å². The maximum atomic E-state index is 14.7. The van der Waals surface area contributed by atoms with E-state index in [1.165, 1.54) is 23.9 Å². The lowest BCUT2D eigenvalue weighted by Gasteiger charge is -2.11. The van der Waals surface area contributed by atoms with Gasteiger partial charge in [-0.05, 0) is 31.9 Å². The molecule has 0 aliphatic heterocycles. The summed E-state index contributed by atoms with van der Waals surface area (Å²) < 4.78 is 21.8. The van der Waals surface area contributed by atoms with E-state index in [0.717, 1.165) is 37.3 Å². The number of ether oxygens (including phenoxy) is 1. The second kappa shape index (κ2) is 12.5. The van der Waals surface area contributed by atoms with Crippen molar-refractivity contribution in [3.63, 3.8) is 0 Å². The molecule has 1 amide bonds. The molecule has 1 N–H and O–H groups in total. The molecule has 160 valence electrons. The Bertz CT molecular complexity index is 779. The molecule has 0 spiro atoms. The van der Waals surface area contributed by atoms with Crippen molar-refractivity contribution in [1.29, 1.82) is 0 Å². The van der Waals surface area contributed by atoms with Gasteiger partial charge in [0.05, 0.1) is 12.3 Å². The summed E-state index contributed by atoms with van der Waals surface area (Å²) in [6.07, 6.45) is 7.83. The first kappa shape index (κ1) is 23.2. The minimum Gasteiger partial charge on any atom is -0.491 e. The van der Waals surface area contributed by atoms with E-state index >= 15 is 0 Å². The van der Waals surface area contributed by atoms with E-state index in [9.17, 15) is 9.18 Å². The molecule has 2 rings (SSSR count). The summed E-state index contributed by atoms with van der Waals surface area (Å²) in [5.74, 6) is 0.265. The molecular formula is C22H31ClFN3O2. The van der Waals surface area contributed by atoms with Crippen molar-refractivity contribution in [2.24, 2.45) is 7.05 Å². The van der Waals surface area contributed by atoms with Crippen molar-refractivity contribution < 1.29 is 13.9 Å². The Balaban J connectivity index is 1.74. The first-order valence-electron chi connectivity index (χ1n) is 10.3. The second-order valence-corrected chi connectivity index (χ2v) is 7.60. The zero-order chi connectivity index (χ0) is 21.1. The molecule has 1 aromatic heterocycles. The Kier molecular flexibility index (Phi) is 9.98. The number of benzene rings is 1. The van der Waals surface area contributed by atoms with Gasteiger partial charge in [-0.3, -0.25) is 9.48 Å². The maximum absolute atomic E-state index is 14.7. The van der Waals surface area contributed by atoms with Crippen LogP contribution < -0.4 is 10.1 Å². The quantitative estimate of drug-likeness (QED) is 0.358. The molecule has 1 heterocycles. The number of aryl methyl sites for hydroxylation is 2. The summed E-state index contributed by atoms with van der Waals surface area (Å²) in [5, 5.41) is 6.89. The lowest BCUT2D eigenvalue weighted by Crippen LogP contribution is -2.25. The zero-order valence-corrected chi connectivity index (χ0v) is 18.1. The van der Waals surface area contributed by atoms with Gasteiger partial charge in [0.2, 0.25) is 0 Å². The Morgan fingerprint density at radius 3 is 2.52 bits per heavy atom. The molecule has 7 heteroatoms. The molecule has 5 nitrogen and oxygen atoms in total. The third kappa shape index (κ3) is 7.69. The third-order valence-corrected chi connectivity index (χ3v) is 5.02. The molecule has 0 radical (unpaired) electrons. The number of hydrogen-bond donors (Lipinski definition) is 1. The molecule has 0 aliphatic rings. The number of nitrogens with zero attached hydrogens (tertiary/aromatic N) is 2. The number of hydrogen-bond acceptors (Lipinski definition) is 3. The van der Waals surface area contributed by atoms with Crippen molar-refractivity contribution in [3.8, 4) is 5.75 Å². The highest BCUT2D eigenvalue weighted by atomic mass is 35.5. The minimum absolute atomic E-state index is 0.0917. The summed E-state index contributed by atoms with van der Waals surface area (Å²) in [6, 6.07) is 6.71. The Hall–Kier alpha value is -2.08. The second-order valence-electron chi connectivity index (χ2n) is 7.22. The van der Waals surface area contributed by atoms with Crippen molar-refractivity contribution in [3.05, 3.63) is 47.0 Å². The molecule has 0 unspecified atom stereocenters. The molecule has 2 aromatic rings. The van der Waals surface area contributed by atoms with Gasteiger partial charge < -0.3 is 10.1 Å². The van der Waals surface area contributed by atoms with Crippen LogP contribution in [0.2, 0.25) is 0 Å². The lowest BCUT2D eigenvalue weighted by atomic mass is 10.1. The van der Waals surface area contributed by atoms with E-state index in [2.05, 4.69) is 10.4 Å². The molecule has 1 aromatic carbocycles. The molecular weight excluding hydrogens is 393 g/mol. The SMILES string of the molecule is Cc1cc(C(=O)NCc2cccc(OCCCCCCCCCCl)c2F)n(C)n1. The van der Waals surface area contributed by atoms with Crippen molar-refractivity contribution in [2.75, 3.05) is 12.5 Å². The van der Waals surface area contributed by atoms with Gasteiger partial charge in [-0.25, -0.2) is 4.39 Å². The van der Waals surface area contributed by atoms with Crippen molar-refractivity contribution in [2.45, 2.75) is 58.4 Å². The van der Waals surface area contributed by atoms with E-state index in [-0.39, 0.29) is 18.2 Å². The normalized spacial score (nSPS) is 10.9. The summed E-state index contributed by atoms with van der Waals surface area (Å²) in [4.78, 5) is 12.3. The highest BCUT2D eigenvalue weighted by molar-refractivity contribution is 6.17. The first-order valence-corrected chi connectivity index (χ1v) is 10.8. The number of unbranched alkanes of at least 4 members (excludes halogenated alkanes) is 6. The minimum atomic E-state index is -0.421. The Morgan fingerprint density at radius 1 is 1.17 bits per heavy atom. The van der Waals surface area contributed by atoms with Gasteiger partial charge >= 0.3 is 0 Å². The van der Waals surface area contributed by atoms with Crippen LogP contribution in [0.1, 0.15) is 66.7 Å². The fourth-order valence-corrected chi connectivity index (χ4v) is 3.34. The smallest absolute Gasteiger partial charge is 0.269 e. The fourth-order valence-electron chi connectivity index (χ4n) is 3.16. The highest BCUT2D eigenvalue weighted by Crippen LogP contribution is 2.21. The van der Waals surface area contributed by atoms with Crippen LogP contribution in [0.4, 0.5) is 4.39 Å². The monoisotopic (exact) mass is 423 g/mol. The van der Waals surface area contributed by atoms with Gasteiger partial charge in [0.25, 0.3) is 5.91 Å². The number of aromatic nitrogens is 2. The third-order valence-electron chi connectivity index (χ3n) is 4.75. The van der Waals surface area contributed by atoms with Crippen LogP contribution in [0.5, 0.6) is 5.75 Å². The van der Waals surface area contributed by atoms with Gasteiger partial charge in [-0.1, -0.05) is 44.2 Å². The summed E-state index contributed by atoms with van der Waals surface area (Å²) >= 11 is 5.66. The molecule has 29 heavy (non-hydrogen) atoms. The summed E-state index contributed by atoms with van der Waals surface area (Å²) in [6.45, 7) is 2.40.